The molecular weight excluding hydrogens is 192 g/mol. The molecule has 1 heterocycles. The number of carboxylic acids is 1. The van der Waals surface area contributed by atoms with Gasteiger partial charge in [0.25, 0.3) is 0 Å². The molecule has 15 heavy (non-hydrogen) atoms. The van der Waals surface area contributed by atoms with E-state index in [-0.39, 0.29) is 5.56 Å². The number of carbonyl (C=O) groups is 1. The van der Waals surface area contributed by atoms with E-state index in [1.165, 1.54) is 0 Å². The van der Waals surface area contributed by atoms with Crippen molar-refractivity contribution in [1.82, 2.24) is 10.2 Å². The van der Waals surface area contributed by atoms with Crippen LogP contribution in [0, 0.1) is 0 Å². The van der Waals surface area contributed by atoms with Gasteiger partial charge in [-0.05, 0) is 24.3 Å². The monoisotopic (exact) mass is 200 g/mol. The summed E-state index contributed by atoms with van der Waals surface area (Å²) in [5, 5.41) is 16.4. The van der Waals surface area contributed by atoms with E-state index < -0.39 is 5.97 Å². The van der Waals surface area contributed by atoms with Crippen LogP contribution in [0.25, 0.3) is 11.3 Å². The SMILES string of the molecule is O=C(O)c1ccc(-c2cccnn2)cc1. The lowest BCUT2D eigenvalue weighted by Crippen LogP contribution is -1.95. The molecule has 0 fully saturated rings. The molecule has 0 radical (unpaired) electrons. The van der Waals surface area contributed by atoms with Gasteiger partial charge in [-0.15, -0.1) is 0 Å². The standard InChI is InChI=1S/C11H8N2O2/c14-11(15)9-5-3-8(4-6-9)10-2-1-7-12-13-10/h1-7H,(H,14,15). The molecule has 74 valence electrons. The summed E-state index contributed by atoms with van der Waals surface area (Å²) in [4.78, 5) is 10.6. The summed E-state index contributed by atoms with van der Waals surface area (Å²) in [6, 6.07) is 10.1. The first-order valence-electron chi connectivity index (χ1n) is 4.39. The fourth-order valence-corrected chi connectivity index (χ4v) is 1.24. The summed E-state index contributed by atoms with van der Waals surface area (Å²) in [6.45, 7) is 0. The van der Waals surface area contributed by atoms with Crippen LogP contribution >= 0.6 is 0 Å². The summed E-state index contributed by atoms with van der Waals surface area (Å²) in [6.07, 6.45) is 1.59. The summed E-state index contributed by atoms with van der Waals surface area (Å²) in [5.41, 5.74) is 1.85. The summed E-state index contributed by atoms with van der Waals surface area (Å²) in [5.74, 6) is -0.930. The van der Waals surface area contributed by atoms with Gasteiger partial charge >= 0.3 is 5.97 Å². The van der Waals surface area contributed by atoms with E-state index in [4.69, 9.17) is 5.11 Å². The lowest BCUT2D eigenvalue weighted by molar-refractivity contribution is 0.0697. The molecule has 4 heteroatoms. The molecule has 0 bridgehead atoms. The third kappa shape index (κ3) is 1.99. The largest absolute Gasteiger partial charge is 0.478 e. The second-order valence-corrected chi connectivity index (χ2v) is 2.99. The van der Waals surface area contributed by atoms with Crippen LogP contribution in [-0.2, 0) is 0 Å². The maximum absolute atomic E-state index is 10.6. The van der Waals surface area contributed by atoms with Crippen molar-refractivity contribution >= 4 is 5.97 Å². The molecule has 1 N–H and O–H groups in total. The van der Waals surface area contributed by atoms with E-state index >= 15 is 0 Å². The Labute approximate surface area is 86.2 Å². The molecule has 0 atom stereocenters. The maximum atomic E-state index is 10.6. The van der Waals surface area contributed by atoms with E-state index in [9.17, 15) is 4.79 Å². The van der Waals surface area contributed by atoms with Crippen molar-refractivity contribution in [3.63, 3.8) is 0 Å². The Kier molecular flexibility index (Phi) is 2.41. The minimum atomic E-state index is -0.930. The summed E-state index contributed by atoms with van der Waals surface area (Å²) >= 11 is 0. The summed E-state index contributed by atoms with van der Waals surface area (Å²) in [7, 11) is 0. The molecule has 0 aliphatic heterocycles. The highest BCUT2D eigenvalue weighted by molar-refractivity contribution is 5.88. The van der Waals surface area contributed by atoms with Crippen LogP contribution in [0.1, 0.15) is 10.4 Å². The lowest BCUT2D eigenvalue weighted by atomic mass is 10.1. The zero-order valence-electron chi connectivity index (χ0n) is 7.79. The van der Waals surface area contributed by atoms with Crippen molar-refractivity contribution < 1.29 is 9.90 Å². The fourth-order valence-electron chi connectivity index (χ4n) is 1.24. The number of aromatic nitrogens is 2. The Morgan fingerprint density at radius 1 is 1.13 bits per heavy atom. The molecule has 0 saturated heterocycles. The number of benzene rings is 1. The van der Waals surface area contributed by atoms with Crippen molar-refractivity contribution in [2.75, 3.05) is 0 Å². The average molecular weight is 200 g/mol. The van der Waals surface area contributed by atoms with E-state index in [0.29, 0.717) is 0 Å². The smallest absolute Gasteiger partial charge is 0.335 e. The first-order valence-corrected chi connectivity index (χ1v) is 4.39. The summed E-state index contributed by atoms with van der Waals surface area (Å²) < 4.78 is 0. The third-order valence-electron chi connectivity index (χ3n) is 2.00. The van der Waals surface area contributed by atoms with Gasteiger partial charge in [-0.3, -0.25) is 0 Å². The highest BCUT2D eigenvalue weighted by Crippen LogP contribution is 2.15. The molecule has 2 rings (SSSR count). The number of hydrogen-bond donors (Lipinski definition) is 1. The molecule has 4 nitrogen and oxygen atoms in total. The molecule has 1 aromatic heterocycles. The van der Waals surface area contributed by atoms with Crippen molar-refractivity contribution in [2.24, 2.45) is 0 Å². The van der Waals surface area contributed by atoms with Gasteiger partial charge in [0.1, 0.15) is 0 Å². The lowest BCUT2D eigenvalue weighted by Gasteiger charge is -1.99. The molecule has 0 aliphatic rings. The predicted octanol–water partition coefficient (Wildman–Crippen LogP) is 1.84. The molecule has 0 unspecified atom stereocenters. The van der Waals surface area contributed by atoms with E-state index in [0.717, 1.165) is 11.3 Å². The van der Waals surface area contributed by atoms with Gasteiger partial charge in [-0.25, -0.2) is 4.79 Å². The first-order chi connectivity index (χ1) is 7.27. The zero-order chi connectivity index (χ0) is 10.7. The van der Waals surface area contributed by atoms with Crippen molar-refractivity contribution in [3.05, 3.63) is 48.2 Å². The molecule has 0 amide bonds. The van der Waals surface area contributed by atoms with Crippen LogP contribution in [0.5, 0.6) is 0 Å². The van der Waals surface area contributed by atoms with Crippen LogP contribution in [0.4, 0.5) is 0 Å². The van der Waals surface area contributed by atoms with E-state index in [1.54, 1.807) is 36.5 Å². The molecular formula is C11H8N2O2. The van der Waals surface area contributed by atoms with Crippen LogP contribution in [-0.4, -0.2) is 21.3 Å². The topological polar surface area (TPSA) is 63.1 Å². The highest BCUT2D eigenvalue weighted by atomic mass is 16.4. The van der Waals surface area contributed by atoms with Gasteiger partial charge in [0, 0.05) is 11.8 Å². The number of hydrogen-bond acceptors (Lipinski definition) is 3. The molecule has 0 saturated carbocycles. The Balaban J connectivity index is 2.36. The molecule has 1 aromatic carbocycles. The van der Waals surface area contributed by atoms with Crippen LogP contribution in [0.15, 0.2) is 42.6 Å². The Hall–Kier alpha value is -2.23. The maximum Gasteiger partial charge on any atom is 0.335 e. The van der Waals surface area contributed by atoms with Crippen LogP contribution in [0.2, 0.25) is 0 Å². The van der Waals surface area contributed by atoms with Crippen molar-refractivity contribution in [2.45, 2.75) is 0 Å². The van der Waals surface area contributed by atoms with Crippen LogP contribution < -0.4 is 0 Å². The average Bonchev–Trinajstić information content (AvgIpc) is 2.30. The molecule has 0 spiro atoms. The fraction of sp³-hybridized carbons (Fsp3) is 0. The Bertz CT molecular complexity index is 466. The quantitative estimate of drug-likeness (QED) is 0.803. The number of aromatic carboxylic acids is 1. The Morgan fingerprint density at radius 2 is 1.87 bits per heavy atom. The van der Waals surface area contributed by atoms with Crippen molar-refractivity contribution in [1.29, 1.82) is 0 Å². The van der Waals surface area contributed by atoms with Gasteiger partial charge < -0.3 is 5.11 Å². The van der Waals surface area contributed by atoms with E-state index in [1.807, 2.05) is 6.07 Å². The van der Waals surface area contributed by atoms with Gasteiger partial charge in [0.15, 0.2) is 0 Å². The third-order valence-corrected chi connectivity index (χ3v) is 2.00. The first kappa shape index (κ1) is 9.33. The second kappa shape index (κ2) is 3.88. The minimum Gasteiger partial charge on any atom is -0.478 e. The highest BCUT2D eigenvalue weighted by Gasteiger charge is 2.03. The number of carboxylic acid groups (broad SMARTS) is 1. The van der Waals surface area contributed by atoms with Gasteiger partial charge in [-0.2, -0.15) is 10.2 Å². The second-order valence-electron chi connectivity index (χ2n) is 2.99. The Morgan fingerprint density at radius 3 is 2.40 bits per heavy atom. The van der Waals surface area contributed by atoms with Gasteiger partial charge in [0.05, 0.1) is 11.3 Å². The molecule has 2 aromatic rings. The number of nitrogens with zero attached hydrogens (tertiary/aromatic N) is 2. The normalized spacial score (nSPS) is 9.87. The van der Waals surface area contributed by atoms with Gasteiger partial charge in [0.2, 0.25) is 0 Å². The zero-order valence-corrected chi connectivity index (χ0v) is 7.79. The minimum absolute atomic E-state index is 0.266. The molecule has 0 aliphatic carbocycles. The van der Waals surface area contributed by atoms with E-state index in [2.05, 4.69) is 10.2 Å². The number of rotatable bonds is 2. The van der Waals surface area contributed by atoms with Crippen LogP contribution in [0.3, 0.4) is 0 Å². The predicted molar refractivity (Wildman–Crippen MR) is 54.4 cm³/mol. The van der Waals surface area contributed by atoms with Gasteiger partial charge in [-0.1, -0.05) is 12.1 Å². The van der Waals surface area contributed by atoms with Crippen molar-refractivity contribution in [3.8, 4) is 11.3 Å².